The van der Waals surface area contributed by atoms with Gasteiger partial charge in [0.05, 0.1) is 22.6 Å². The average molecular weight is 751 g/mol. The molecule has 0 saturated heterocycles. The fourth-order valence-corrected chi connectivity index (χ4v) is 11.2. The van der Waals surface area contributed by atoms with Crippen LogP contribution in [0, 0.1) is 6.92 Å². The van der Waals surface area contributed by atoms with Crippen LogP contribution < -0.4 is 26.4 Å². The summed E-state index contributed by atoms with van der Waals surface area (Å²) in [6.07, 6.45) is 4.91. The molecule has 1 fully saturated rings. The van der Waals surface area contributed by atoms with E-state index in [2.05, 4.69) is 184 Å². The van der Waals surface area contributed by atoms with Crippen molar-refractivity contribution in [2.75, 3.05) is 9.80 Å². The molecule has 1 aliphatic carbocycles. The molecule has 4 aliphatic rings. The Kier molecular flexibility index (Phi) is 7.52. The number of fused-ring (bicyclic) bond motifs is 9. The summed E-state index contributed by atoms with van der Waals surface area (Å²) in [5.74, 6) is 0. The molecule has 10 rings (SSSR count). The third kappa shape index (κ3) is 5.04. The van der Waals surface area contributed by atoms with E-state index in [0.717, 1.165) is 11.2 Å². The molecule has 1 aromatic heterocycles. The van der Waals surface area contributed by atoms with E-state index >= 15 is 0 Å². The molecular formula is C53H59BN2O. The molecule has 2 atom stereocenters. The normalized spacial score (nSPS) is 21.1. The van der Waals surface area contributed by atoms with Gasteiger partial charge >= 0.3 is 0 Å². The first-order chi connectivity index (χ1) is 26.8. The molecule has 57 heavy (non-hydrogen) atoms. The molecule has 0 bridgehead atoms. The number of benzene rings is 5. The van der Waals surface area contributed by atoms with Crippen molar-refractivity contribution in [2.45, 2.75) is 136 Å². The largest absolute Gasteiger partial charge is 0.468 e. The molecule has 0 radical (unpaired) electrons. The van der Waals surface area contributed by atoms with E-state index in [-0.39, 0.29) is 33.9 Å². The van der Waals surface area contributed by atoms with E-state index in [1.54, 1.807) is 5.56 Å². The SMILES string of the molecule is Cc1cc2c3c(c1)N1c4c(cc(C(C)(C)C)cc4C4(C)CCCCC14C)B3c1oc3cc(C(C)(C)C)ccc3c1N2c1ccc(C(C)(C)C)cc1-c1ccccc1. The Morgan fingerprint density at radius 2 is 1.28 bits per heavy atom. The number of hydrogen-bond acceptors (Lipinski definition) is 3. The number of nitrogens with zero attached hydrogens (tertiary/aromatic N) is 2. The van der Waals surface area contributed by atoms with Gasteiger partial charge in [0.1, 0.15) is 5.58 Å². The minimum absolute atomic E-state index is 0.00156. The van der Waals surface area contributed by atoms with Crippen molar-refractivity contribution in [1.82, 2.24) is 0 Å². The maximum absolute atomic E-state index is 7.47. The molecular weight excluding hydrogens is 691 g/mol. The molecule has 3 aliphatic heterocycles. The number of furan rings is 1. The number of aryl methyl sites for hydroxylation is 1. The predicted molar refractivity (Wildman–Crippen MR) is 245 cm³/mol. The second-order valence-electron chi connectivity index (χ2n) is 21.5. The molecule has 0 spiro atoms. The fraction of sp³-hybridized carbons (Fsp3) is 0.396. The smallest absolute Gasteiger partial charge is 0.297 e. The summed E-state index contributed by atoms with van der Waals surface area (Å²) in [7, 11) is 0. The zero-order chi connectivity index (χ0) is 40.2. The summed E-state index contributed by atoms with van der Waals surface area (Å²) in [5, 5.41) is 1.17. The van der Waals surface area contributed by atoms with Gasteiger partial charge in [-0.05, 0) is 124 Å². The molecule has 290 valence electrons. The zero-order valence-electron chi connectivity index (χ0n) is 36.4. The van der Waals surface area contributed by atoms with Crippen molar-refractivity contribution in [3.05, 3.63) is 119 Å². The van der Waals surface area contributed by atoms with E-state index in [0.29, 0.717) is 0 Å². The average Bonchev–Trinajstić information content (AvgIpc) is 3.62. The summed E-state index contributed by atoms with van der Waals surface area (Å²) < 4.78 is 7.47. The molecule has 0 amide bonds. The lowest BCUT2D eigenvalue weighted by molar-refractivity contribution is 0.195. The van der Waals surface area contributed by atoms with Crippen molar-refractivity contribution < 1.29 is 4.42 Å². The fourth-order valence-electron chi connectivity index (χ4n) is 11.2. The second-order valence-corrected chi connectivity index (χ2v) is 21.5. The highest BCUT2D eigenvalue weighted by Gasteiger charge is 2.62. The quantitative estimate of drug-likeness (QED) is 0.164. The molecule has 5 aromatic carbocycles. The van der Waals surface area contributed by atoms with Gasteiger partial charge in [-0.15, -0.1) is 0 Å². The van der Waals surface area contributed by atoms with Crippen LogP contribution in [0.2, 0.25) is 0 Å². The van der Waals surface area contributed by atoms with Gasteiger partial charge in [0.25, 0.3) is 6.71 Å². The highest BCUT2D eigenvalue weighted by Crippen LogP contribution is 2.62. The van der Waals surface area contributed by atoms with Crippen molar-refractivity contribution in [3.63, 3.8) is 0 Å². The van der Waals surface area contributed by atoms with Crippen LogP contribution >= 0.6 is 0 Å². The topological polar surface area (TPSA) is 19.6 Å². The van der Waals surface area contributed by atoms with Gasteiger partial charge in [0.15, 0.2) is 0 Å². The maximum atomic E-state index is 7.47. The highest BCUT2D eigenvalue weighted by atomic mass is 16.3. The van der Waals surface area contributed by atoms with Crippen LogP contribution in [0.3, 0.4) is 0 Å². The zero-order valence-corrected chi connectivity index (χ0v) is 36.4. The number of rotatable bonds is 2. The van der Waals surface area contributed by atoms with Gasteiger partial charge in [0.2, 0.25) is 0 Å². The van der Waals surface area contributed by atoms with E-state index in [9.17, 15) is 0 Å². The van der Waals surface area contributed by atoms with Crippen LogP contribution in [0.5, 0.6) is 0 Å². The summed E-state index contributed by atoms with van der Waals surface area (Å²) in [6.45, 7) is 28.5. The molecule has 4 heterocycles. The van der Waals surface area contributed by atoms with Gasteiger partial charge in [-0.1, -0.05) is 137 Å². The maximum Gasteiger partial charge on any atom is 0.297 e. The Balaban J connectivity index is 1.36. The lowest BCUT2D eigenvalue weighted by Crippen LogP contribution is -2.64. The summed E-state index contributed by atoms with van der Waals surface area (Å²) in [6, 6.07) is 35.4. The highest BCUT2D eigenvalue weighted by molar-refractivity contribution is 7.00. The Morgan fingerprint density at radius 1 is 0.632 bits per heavy atom. The lowest BCUT2D eigenvalue weighted by Gasteiger charge is -2.52. The van der Waals surface area contributed by atoms with Crippen molar-refractivity contribution in [2.24, 2.45) is 0 Å². The first-order valence-electron chi connectivity index (χ1n) is 21.5. The second kappa shape index (κ2) is 11.7. The van der Waals surface area contributed by atoms with E-state index in [1.807, 2.05) is 0 Å². The standard InChI is InChI=1S/C53H59BN2O/c1-32-26-42-45-43(27-32)56-47-39(52(11)24-16-17-25-53(52,56)12)29-36(51(8,9)10)30-40(47)54(45)48-46(37-22-20-35(50(5,6)7)31-44(37)57-48)55(42)41-23-21-34(49(2,3)4)28-38(41)33-18-14-13-15-19-33/h13-15,18-23,26-31H,16-17,24-25H2,1-12H3. The lowest BCUT2D eigenvalue weighted by atomic mass is 9.35. The van der Waals surface area contributed by atoms with Gasteiger partial charge < -0.3 is 14.2 Å². The Labute approximate surface area is 341 Å². The third-order valence-electron chi connectivity index (χ3n) is 14.7. The minimum Gasteiger partial charge on any atom is -0.468 e. The van der Waals surface area contributed by atoms with E-state index in [4.69, 9.17) is 4.42 Å². The van der Waals surface area contributed by atoms with Crippen molar-refractivity contribution >= 4 is 62.7 Å². The Morgan fingerprint density at radius 3 is 1.98 bits per heavy atom. The van der Waals surface area contributed by atoms with E-state index < -0.39 is 0 Å². The minimum atomic E-state index is -0.0461. The summed E-state index contributed by atoms with van der Waals surface area (Å²) in [5.41, 5.74) is 20.6. The van der Waals surface area contributed by atoms with Gasteiger partial charge in [-0.25, -0.2) is 0 Å². The molecule has 0 N–H and O–H groups in total. The van der Waals surface area contributed by atoms with Gasteiger partial charge in [-0.2, -0.15) is 0 Å². The Bertz CT molecular complexity index is 2650. The number of hydrogen-bond donors (Lipinski definition) is 0. The predicted octanol–water partition coefficient (Wildman–Crippen LogP) is 12.7. The first kappa shape index (κ1) is 36.6. The van der Waals surface area contributed by atoms with Crippen LogP contribution in [0.1, 0.15) is 130 Å². The molecule has 2 unspecified atom stereocenters. The molecule has 1 saturated carbocycles. The monoisotopic (exact) mass is 750 g/mol. The van der Waals surface area contributed by atoms with Crippen molar-refractivity contribution in [3.8, 4) is 11.1 Å². The van der Waals surface area contributed by atoms with Crippen LogP contribution in [0.25, 0.3) is 22.1 Å². The number of anilines is 5. The van der Waals surface area contributed by atoms with Crippen LogP contribution in [-0.4, -0.2) is 12.3 Å². The molecule has 3 nitrogen and oxygen atoms in total. The molecule has 6 aromatic rings. The third-order valence-corrected chi connectivity index (χ3v) is 14.7. The first-order valence-corrected chi connectivity index (χ1v) is 21.5. The van der Waals surface area contributed by atoms with Crippen LogP contribution in [0.4, 0.5) is 28.4 Å². The summed E-state index contributed by atoms with van der Waals surface area (Å²) in [4.78, 5) is 5.45. The van der Waals surface area contributed by atoms with Crippen molar-refractivity contribution in [1.29, 1.82) is 0 Å². The molecule has 4 heteroatoms. The van der Waals surface area contributed by atoms with Crippen LogP contribution in [-0.2, 0) is 21.7 Å². The Hall–Kier alpha value is -4.70. The van der Waals surface area contributed by atoms with Gasteiger partial charge in [0, 0.05) is 33.4 Å². The van der Waals surface area contributed by atoms with Gasteiger partial charge in [-0.3, -0.25) is 0 Å². The van der Waals surface area contributed by atoms with E-state index in [1.165, 1.54) is 104 Å². The summed E-state index contributed by atoms with van der Waals surface area (Å²) >= 11 is 0. The van der Waals surface area contributed by atoms with Crippen LogP contribution in [0.15, 0.2) is 95.4 Å².